The van der Waals surface area contributed by atoms with E-state index in [4.69, 9.17) is 0 Å². The van der Waals surface area contributed by atoms with Crippen molar-refractivity contribution in [1.82, 2.24) is 15.5 Å². The van der Waals surface area contributed by atoms with Gasteiger partial charge in [0.05, 0.1) is 5.69 Å². The lowest BCUT2D eigenvalue weighted by molar-refractivity contribution is 0.557. The fourth-order valence-electron chi connectivity index (χ4n) is 1.21. The summed E-state index contributed by atoms with van der Waals surface area (Å²) in [6.07, 6.45) is 4.43. The number of nitrogens with zero attached hydrogens (tertiary/aromatic N) is 1. The molecule has 0 radical (unpaired) electrons. The normalized spacial score (nSPS) is 15.3. The summed E-state index contributed by atoms with van der Waals surface area (Å²) in [7, 11) is -0.677. The summed E-state index contributed by atoms with van der Waals surface area (Å²) in [5.74, 6) is 0.767. The number of rotatable bonds is 6. The van der Waals surface area contributed by atoms with E-state index in [0.717, 1.165) is 24.4 Å². The topological polar surface area (TPSA) is 57.8 Å². The predicted octanol–water partition coefficient (Wildman–Crippen LogP) is 0.829. The summed E-state index contributed by atoms with van der Waals surface area (Å²) in [4.78, 5) is 0. The molecule has 0 spiro atoms. The monoisotopic (exact) mass is 215 g/mol. The summed E-state index contributed by atoms with van der Waals surface area (Å²) in [5.41, 5.74) is 1.09. The van der Waals surface area contributed by atoms with Gasteiger partial charge in [-0.05, 0) is 26.0 Å². The molecule has 4 nitrogen and oxygen atoms in total. The van der Waals surface area contributed by atoms with Crippen molar-refractivity contribution in [1.29, 1.82) is 0 Å². The minimum absolute atomic E-state index is 0.280. The smallest absolute Gasteiger partial charge is 0.0518 e. The third kappa shape index (κ3) is 4.02. The van der Waals surface area contributed by atoms with Crippen LogP contribution in [0.3, 0.4) is 0 Å². The SMILES string of the molecule is CC(NCCCS(C)=O)c1ccn[nH]1. The summed E-state index contributed by atoms with van der Waals surface area (Å²) in [6.45, 7) is 2.97. The van der Waals surface area contributed by atoms with Crippen molar-refractivity contribution >= 4 is 10.8 Å². The largest absolute Gasteiger partial charge is 0.309 e. The van der Waals surface area contributed by atoms with E-state index in [0.29, 0.717) is 0 Å². The molecule has 80 valence electrons. The van der Waals surface area contributed by atoms with Crippen LogP contribution in [0.5, 0.6) is 0 Å². The van der Waals surface area contributed by atoms with Gasteiger partial charge in [0, 0.05) is 35.0 Å². The van der Waals surface area contributed by atoms with Crippen LogP contribution >= 0.6 is 0 Å². The number of H-pyrrole nitrogens is 1. The zero-order valence-electron chi connectivity index (χ0n) is 8.62. The average Bonchev–Trinajstić information content (AvgIpc) is 2.64. The summed E-state index contributed by atoms with van der Waals surface area (Å²) >= 11 is 0. The second-order valence-corrected chi connectivity index (χ2v) is 4.87. The van der Waals surface area contributed by atoms with Gasteiger partial charge in [-0.2, -0.15) is 5.10 Å². The van der Waals surface area contributed by atoms with Crippen LogP contribution in [-0.4, -0.2) is 33.0 Å². The summed E-state index contributed by atoms with van der Waals surface area (Å²) in [5, 5.41) is 10.1. The Morgan fingerprint density at radius 3 is 3.07 bits per heavy atom. The second kappa shape index (κ2) is 5.93. The first-order chi connectivity index (χ1) is 6.70. The molecule has 0 aliphatic rings. The van der Waals surface area contributed by atoms with Crippen molar-refractivity contribution < 1.29 is 4.21 Å². The van der Waals surface area contributed by atoms with Crippen molar-refractivity contribution in [2.24, 2.45) is 0 Å². The highest BCUT2D eigenvalue weighted by molar-refractivity contribution is 7.84. The Morgan fingerprint density at radius 2 is 2.50 bits per heavy atom. The van der Waals surface area contributed by atoms with Crippen LogP contribution < -0.4 is 5.32 Å². The van der Waals surface area contributed by atoms with Gasteiger partial charge in [-0.15, -0.1) is 0 Å². The fourth-order valence-corrected chi connectivity index (χ4v) is 1.76. The molecule has 1 heterocycles. The van der Waals surface area contributed by atoms with Gasteiger partial charge < -0.3 is 5.32 Å². The first-order valence-electron chi connectivity index (χ1n) is 4.73. The summed E-state index contributed by atoms with van der Waals surface area (Å²) < 4.78 is 10.8. The average molecular weight is 215 g/mol. The number of aromatic nitrogens is 2. The Morgan fingerprint density at radius 1 is 1.71 bits per heavy atom. The maximum atomic E-state index is 10.8. The minimum Gasteiger partial charge on any atom is -0.309 e. The fraction of sp³-hybridized carbons (Fsp3) is 0.667. The van der Waals surface area contributed by atoms with Gasteiger partial charge in [0.2, 0.25) is 0 Å². The molecule has 5 heteroatoms. The van der Waals surface area contributed by atoms with E-state index in [1.165, 1.54) is 0 Å². The highest BCUT2D eigenvalue weighted by Crippen LogP contribution is 2.06. The molecule has 1 aromatic heterocycles. The highest BCUT2D eigenvalue weighted by atomic mass is 32.2. The van der Waals surface area contributed by atoms with Crippen LogP contribution in [0.25, 0.3) is 0 Å². The molecule has 0 saturated carbocycles. The molecule has 1 rings (SSSR count). The van der Waals surface area contributed by atoms with Crippen molar-refractivity contribution in [2.75, 3.05) is 18.6 Å². The van der Waals surface area contributed by atoms with Crippen LogP contribution in [-0.2, 0) is 10.8 Å². The Balaban J connectivity index is 2.16. The molecule has 2 atom stereocenters. The first kappa shape index (κ1) is 11.4. The highest BCUT2D eigenvalue weighted by Gasteiger charge is 2.04. The van der Waals surface area contributed by atoms with Gasteiger partial charge in [-0.1, -0.05) is 0 Å². The lowest BCUT2D eigenvalue weighted by Gasteiger charge is -2.10. The molecule has 0 bridgehead atoms. The van der Waals surface area contributed by atoms with E-state index in [1.807, 2.05) is 6.07 Å². The van der Waals surface area contributed by atoms with E-state index in [1.54, 1.807) is 12.5 Å². The van der Waals surface area contributed by atoms with Gasteiger partial charge in [0.15, 0.2) is 0 Å². The first-order valence-corrected chi connectivity index (χ1v) is 6.45. The van der Waals surface area contributed by atoms with Crippen LogP contribution in [0, 0.1) is 0 Å². The number of nitrogens with one attached hydrogen (secondary N) is 2. The molecular weight excluding hydrogens is 198 g/mol. The van der Waals surface area contributed by atoms with E-state index < -0.39 is 10.8 Å². The van der Waals surface area contributed by atoms with Gasteiger partial charge in [-0.25, -0.2) is 0 Å². The van der Waals surface area contributed by atoms with Crippen molar-refractivity contribution in [3.8, 4) is 0 Å². The molecule has 0 saturated heterocycles. The molecule has 0 aromatic carbocycles. The molecule has 0 aliphatic heterocycles. The van der Waals surface area contributed by atoms with Crippen LogP contribution in [0.4, 0.5) is 0 Å². The maximum absolute atomic E-state index is 10.8. The van der Waals surface area contributed by atoms with E-state index in [2.05, 4.69) is 22.4 Å². The van der Waals surface area contributed by atoms with Crippen molar-refractivity contribution in [3.05, 3.63) is 18.0 Å². The van der Waals surface area contributed by atoms with Crippen molar-refractivity contribution in [2.45, 2.75) is 19.4 Å². The molecular formula is C9H17N3OS. The van der Waals surface area contributed by atoms with Crippen LogP contribution in [0.1, 0.15) is 25.1 Å². The van der Waals surface area contributed by atoms with Gasteiger partial charge >= 0.3 is 0 Å². The maximum Gasteiger partial charge on any atom is 0.0518 e. The molecule has 2 unspecified atom stereocenters. The van der Waals surface area contributed by atoms with Crippen molar-refractivity contribution in [3.63, 3.8) is 0 Å². The third-order valence-electron chi connectivity index (χ3n) is 2.05. The Labute approximate surface area is 86.9 Å². The lowest BCUT2D eigenvalue weighted by Crippen LogP contribution is -2.21. The Hall–Kier alpha value is -0.680. The number of hydrogen-bond donors (Lipinski definition) is 2. The van der Waals surface area contributed by atoms with E-state index in [9.17, 15) is 4.21 Å². The van der Waals surface area contributed by atoms with Crippen LogP contribution in [0.2, 0.25) is 0 Å². The summed E-state index contributed by atoms with van der Waals surface area (Å²) in [6, 6.07) is 2.23. The molecule has 0 fully saturated rings. The number of aromatic amines is 1. The standard InChI is InChI=1S/C9H17N3OS/c1-8(9-4-6-11-12-9)10-5-3-7-14(2)13/h4,6,8,10H,3,5,7H2,1-2H3,(H,11,12). The Kier molecular flexibility index (Phi) is 4.82. The Bertz CT molecular complexity index is 274. The third-order valence-corrected chi connectivity index (χ3v) is 2.91. The molecule has 2 N–H and O–H groups in total. The molecule has 14 heavy (non-hydrogen) atoms. The second-order valence-electron chi connectivity index (χ2n) is 3.32. The molecule has 1 aromatic rings. The van der Waals surface area contributed by atoms with Gasteiger partial charge in [-0.3, -0.25) is 9.31 Å². The molecule has 0 amide bonds. The van der Waals surface area contributed by atoms with Crippen LogP contribution in [0.15, 0.2) is 12.3 Å². The quantitative estimate of drug-likeness (QED) is 0.691. The molecule has 0 aliphatic carbocycles. The predicted molar refractivity (Wildman–Crippen MR) is 58.6 cm³/mol. The van der Waals surface area contributed by atoms with E-state index in [-0.39, 0.29) is 6.04 Å². The lowest BCUT2D eigenvalue weighted by atomic mass is 10.2. The zero-order valence-corrected chi connectivity index (χ0v) is 9.43. The van der Waals surface area contributed by atoms with E-state index >= 15 is 0 Å². The minimum atomic E-state index is -0.677. The zero-order chi connectivity index (χ0) is 10.4. The van der Waals surface area contributed by atoms with Gasteiger partial charge in [0.25, 0.3) is 0 Å². The van der Waals surface area contributed by atoms with Gasteiger partial charge in [0.1, 0.15) is 0 Å². The number of hydrogen-bond acceptors (Lipinski definition) is 3.